The maximum atomic E-state index is 2.36. The van der Waals surface area contributed by atoms with Gasteiger partial charge in [0.2, 0.25) is 0 Å². The fraction of sp³-hybridized carbons (Fsp3) is 1.00. The molecule has 0 saturated carbocycles. The van der Waals surface area contributed by atoms with Crippen molar-refractivity contribution >= 4 is 0 Å². The summed E-state index contributed by atoms with van der Waals surface area (Å²) in [5.74, 6) is 2.06. The van der Waals surface area contributed by atoms with Crippen LogP contribution >= 0.6 is 0 Å². The van der Waals surface area contributed by atoms with E-state index in [2.05, 4.69) is 27.7 Å². The van der Waals surface area contributed by atoms with Gasteiger partial charge in [-0.2, -0.15) is 0 Å². The van der Waals surface area contributed by atoms with E-state index in [-0.39, 0.29) is 0 Å². The normalized spacial score (nSPS) is 14.0. The minimum absolute atomic E-state index is 1.03. The van der Waals surface area contributed by atoms with Gasteiger partial charge >= 0.3 is 0 Å². The second-order valence-electron chi connectivity index (χ2n) is 8.30. The van der Waals surface area contributed by atoms with Gasteiger partial charge in [-0.05, 0) is 18.3 Å². The molecule has 24 heavy (non-hydrogen) atoms. The van der Waals surface area contributed by atoms with Crippen molar-refractivity contribution in [1.29, 1.82) is 0 Å². The largest absolute Gasteiger partial charge is 0.0654 e. The number of unbranched alkanes of at least 4 members (excludes halogenated alkanes) is 9. The fourth-order valence-corrected chi connectivity index (χ4v) is 4.13. The molecular weight excluding hydrogens is 288 g/mol. The molecule has 0 aliphatic heterocycles. The summed E-state index contributed by atoms with van der Waals surface area (Å²) >= 11 is 0. The van der Waals surface area contributed by atoms with E-state index in [1.165, 1.54) is 109 Å². The third-order valence-corrected chi connectivity index (χ3v) is 5.78. The molecule has 146 valence electrons. The van der Waals surface area contributed by atoms with Gasteiger partial charge in [0.05, 0.1) is 0 Å². The van der Waals surface area contributed by atoms with Crippen molar-refractivity contribution in [2.45, 2.75) is 143 Å². The third kappa shape index (κ3) is 15.5. The molecule has 0 aromatic carbocycles. The molecule has 0 rings (SSSR count). The van der Waals surface area contributed by atoms with Crippen LogP contribution in [0.5, 0.6) is 0 Å². The van der Waals surface area contributed by atoms with Crippen molar-refractivity contribution in [3.05, 3.63) is 0 Å². The maximum Gasteiger partial charge on any atom is -0.0412 e. The van der Waals surface area contributed by atoms with Crippen molar-refractivity contribution in [1.82, 2.24) is 0 Å². The second-order valence-corrected chi connectivity index (χ2v) is 8.30. The van der Waals surface area contributed by atoms with Crippen LogP contribution in [0.15, 0.2) is 0 Å². The molecule has 0 aliphatic carbocycles. The Morgan fingerprint density at radius 3 is 1.17 bits per heavy atom. The summed E-state index contributed by atoms with van der Waals surface area (Å²) in [5.41, 5.74) is 0. The predicted octanol–water partition coefficient (Wildman–Crippen LogP) is 9.32. The Morgan fingerprint density at radius 1 is 0.375 bits per heavy atom. The van der Waals surface area contributed by atoms with Crippen LogP contribution in [0, 0.1) is 11.8 Å². The van der Waals surface area contributed by atoms with Crippen LogP contribution in [0.2, 0.25) is 0 Å². The molecule has 2 atom stereocenters. The van der Waals surface area contributed by atoms with Gasteiger partial charge in [-0.15, -0.1) is 0 Å². The average molecular weight is 339 g/mol. The van der Waals surface area contributed by atoms with Crippen molar-refractivity contribution in [2.75, 3.05) is 0 Å². The smallest absolute Gasteiger partial charge is 0.0412 e. The Bertz CT molecular complexity index is 220. The standard InChI is InChI=1S/C24H50/c1-5-9-13-14-17-21-24(20-16-11-7-3)22-23(18-12-8-4)19-15-10-6-2/h23-24H,5-22H2,1-4H3. The molecule has 0 nitrogen and oxygen atoms in total. The van der Waals surface area contributed by atoms with Gasteiger partial charge in [-0.1, -0.05) is 137 Å². The van der Waals surface area contributed by atoms with Crippen LogP contribution < -0.4 is 0 Å². The maximum absolute atomic E-state index is 2.36. The Balaban J connectivity index is 4.27. The van der Waals surface area contributed by atoms with Gasteiger partial charge in [0.25, 0.3) is 0 Å². The van der Waals surface area contributed by atoms with E-state index in [1.807, 2.05) is 0 Å². The Kier molecular flexibility index (Phi) is 19.3. The average Bonchev–Trinajstić information content (AvgIpc) is 2.59. The molecule has 0 aromatic rings. The van der Waals surface area contributed by atoms with E-state index in [0.717, 1.165) is 11.8 Å². The van der Waals surface area contributed by atoms with Crippen LogP contribution in [-0.2, 0) is 0 Å². The lowest BCUT2D eigenvalue weighted by Crippen LogP contribution is -2.10. The minimum atomic E-state index is 1.03. The first-order valence-electron chi connectivity index (χ1n) is 11.8. The SMILES string of the molecule is CCCCCCCC(CCCCC)CC(CCCC)CCCCC. The minimum Gasteiger partial charge on any atom is -0.0654 e. The summed E-state index contributed by atoms with van der Waals surface area (Å²) in [6.07, 6.45) is 26.3. The van der Waals surface area contributed by atoms with Gasteiger partial charge < -0.3 is 0 Å². The Morgan fingerprint density at radius 2 is 0.708 bits per heavy atom. The third-order valence-electron chi connectivity index (χ3n) is 5.78. The molecule has 0 fully saturated rings. The molecule has 0 aliphatic rings. The van der Waals surface area contributed by atoms with Crippen LogP contribution in [0.3, 0.4) is 0 Å². The molecule has 0 radical (unpaired) electrons. The summed E-state index contributed by atoms with van der Waals surface area (Å²) < 4.78 is 0. The van der Waals surface area contributed by atoms with E-state index in [0.29, 0.717) is 0 Å². The van der Waals surface area contributed by atoms with Gasteiger partial charge in [-0.3, -0.25) is 0 Å². The van der Waals surface area contributed by atoms with Crippen molar-refractivity contribution in [2.24, 2.45) is 11.8 Å². The van der Waals surface area contributed by atoms with Crippen LogP contribution in [0.4, 0.5) is 0 Å². The molecule has 0 heterocycles. The highest BCUT2D eigenvalue weighted by Crippen LogP contribution is 2.30. The molecule has 0 spiro atoms. The molecule has 0 bridgehead atoms. The number of hydrogen-bond acceptors (Lipinski definition) is 0. The van der Waals surface area contributed by atoms with E-state index >= 15 is 0 Å². The lowest BCUT2D eigenvalue weighted by Gasteiger charge is -2.24. The number of rotatable bonds is 19. The van der Waals surface area contributed by atoms with Gasteiger partial charge in [0.1, 0.15) is 0 Å². The topological polar surface area (TPSA) is 0 Å². The Labute approximate surface area is 155 Å². The predicted molar refractivity (Wildman–Crippen MR) is 113 cm³/mol. The summed E-state index contributed by atoms with van der Waals surface area (Å²) in [6, 6.07) is 0. The van der Waals surface area contributed by atoms with Gasteiger partial charge in [0, 0.05) is 0 Å². The van der Waals surface area contributed by atoms with Crippen LogP contribution in [0.25, 0.3) is 0 Å². The van der Waals surface area contributed by atoms with Crippen LogP contribution in [0.1, 0.15) is 143 Å². The summed E-state index contributed by atoms with van der Waals surface area (Å²) in [4.78, 5) is 0. The molecule has 0 amide bonds. The zero-order valence-corrected chi connectivity index (χ0v) is 17.9. The van der Waals surface area contributed by atoms with E-state index in [1.54, 1.807) is 6.42 Å². The van der Waals surface area contributed by atoms with E-state index in [9.17, 15) is 0 Å². The van der Waals surface area contributed by atoms with Crippen molar-refractivity contribution in [3.63, 3.8) is 0 Å². The van der Waals surface area contributed by atoms with Gasteiger partial charge in [-0.25, -0.2) is 0 Å². The molecule has 0 N–H and O–H groups in total. The monoisotopic (exact) mass is 338 g/mol. The second kappa shape index (κ2) is 19.3. The lowest BCUT2D eigenvalue weighted by molar-refractivity contribution is 0.285. The first-order valence-corrected chi connectivity index (χ1v) is 11.8. The number of hydrogen-bond donors (Lipinski definition) is 0. The summed E-state index contributed by atoms with van der Waals surface area (Å²) in [5, 5.41) is 0. The van der Waals surface area contributed by atoms with E-state index in [4.69, 9.17) is 0 Å². The first-order chi connectivity index (χ1) is 11.8. The molecular formula is C24H50. The molecule has 0 aromatic heterocycles. The van der Waals surface area contributed by atoms with E-state index < -0.39 is 0 Å². The van der Waals surface area contributed by atoms with Crippen molar-refractivity contribution < 1.29 is 0 Å². The quantitative estimate of drug-likeness (QED) is 0.206. The highest BCUT2D eigenvalue weighted by Gasteiger charge is 2.16. The molecule has 0 saturated heterocycles. The zero-order valence-electron chi connectivity index (χ0n) is 17.9. The first kappa shape index (κ1) is 24.0. The zero-order chi connectivity index (χ0) is 17.9. The fourth-order valence-electron chi connectivity index (χ4n) is 4.13. The lowest BCUT2D eigenvalue weighted by atomic mass is 9.82. The summed E-state index contributed by atoms with van der Waals surface area (Å²) in [7, 11) is 0. The van der Waals surface area contributed by atoms with Crippen LogP contribution in [-0.4, -0.2) is 0 Å². The molecule has 2 unspecified atom stereocenters. The highest BCUT2D eigenvalue weighted by molar-refractivity contribution is 4.68. The summed E-state index contributed by atoms with van der Waals surface area (Å²) in [6.45, 7) is 9.36. The highest BCUT2D eigenvalue weighted by atomic mass is 14.2. The Hall–Kier alpha value is 0. The van der Waals surface area contributed by atoms with Crippen molar-refractivity contribution in [3.8, 4) is 0 Å². The van der Waals surface area contributed by atoms with Gasteiger partial charge in [0.15, 0.2) is 0 Å². The molecule has 0 heteroatoms.